The van der Waals surface area contributed by atoms with Gasteiger partial charge in [-0.1, -0.05) is 36.4 Å². The molecule has 0 amide bonds. The van der Waals surface area contributed by atoms with Gasteiger partial charge in [-0.2, -0.15) is 0 Å². The monoisotopic (exact) mass is 492 g/mol. The van der Waals surface area contributed by atoms with Crippen molar-refractivity contribution < 1.29 is 4.74 Å². The third-order valence-corrected chi connectivity index (χ3v) is 8.06. The Morgan fingerprint density at radius 2 is 1.86 bits per heavy atom. The molecule has 3 N–H and O–H groups in total. The molecule has 3 aliphatic rings. The topological polar surface area (TPSA) is 90.4 Å². The summed E-state index contributed by atoms with van der Waals surface area (Å²) in [5, 5.41) is 4.95. The van der Waals surface area contributed by atoms with E-state index in [1.54, 1.807) is 6.20 Å². The van der Waals surface area contributed by atoms with Crippen LogP contribution in [0, 0.1) is 0 Å². The molecule has 0 radical (unpaired) electrons. The molecule has 188 valence electrons. The zero-order valence-electron chi connectivity index (χ0n) is 20.9. The summed E-state index contributed by atoms with van der Waals surface area (Å²) >= 11 is 0. The Morgan fingerprint density at radius 3 is 2.70 bits per heavy atom. The molecule has 0 bridgehead atoms. The van der Waals surface area contributed by atoms with Crippen molar-refractivity contribution in [2.75, 3.05) is 18.9 Å². The number of anilines is 1. The van der Waals surface area contributed by atoms with E-state index in [4.69, 9.17) is 20.4 Å². The van der Waals surface area contributed by atoms with Crippen LogP contribution in [0.25, 0.3) is 33.3 Å². The van der Waals surface area contributed by atoms with Crippen LogP contribution < -0.4 is 11.1 Å². The lowest BCUT2D eigenvalue weighted by Crippen LogP contribution is -2.47. The van der Waals surface area contributed by atoms with Gasteiger partial charge in [-0.3, -0.25) is 4.40 Å². The maximum atomic E-state index is 6.43. The van der Waals surface area contributed by atoms with E-state index in [1.165, 1.54) is 5.57 Å². The summed E-state index contributed by atoms with van der Waals surface area (Å²) in [5.74, 6) is 1.98. The number of fused-ring (bicyclic) bond motifs is 2. The van der Waals surface area contributed by atoms with Gasteiger partial charge in [-0.15, -0.1) is 0 Å². The fourth-order valence-electron chi connectivity index (χ4n) is 5.97. The van der Waals surface area contributed by atoms with Crippen molar-refractivity contribution >= 4 is 27.8 Å². The Kier molecular flexibility index (Phi) is 5.75. The molecule has 7 heteroatoms. The first kappa shape index (κ1) is 22.6. The minimum atomic E-state index is 0.399. The van der Waals surface area contributed by atoms with E-state index in [9.17, 15) is 0 Å². The fraction of sp³-hybridized carbons (Fsp3) is 0.367. The highest BCUT2D eigenvalue weighted by molar-refractivity contribution is 5.91. The van der Waals surface area contributed by atoms with E-state index in [-0.39, 0.29) is 0 Å². The summed E-state index contributed by atoms with van der Waals surface area (Å²) in [6, 6.07) is 11.8. The van der Waals surface area contributed by atoms with Gasteiger partial charge in [-0.25, -0.2) is 15.0 Å². The molecule has 0 unspecified atom stereocenters. The summed E-state index contributed by atoms with van der Waals surface area (Å²) in [4.78, 5) is 14.6. The number of nitrogens with two attached hydrogens (primary N) is 1. The van der Waals surface area contributed by atoms with Crippen molar-refractivity contribution in [2.45, 2.75) is 56.5 Å². The number of nitrogens with zero attached hydrogens (tertiary/aromatic N) is 4. The summed E-state index contributed by atoms with van der Waals surface area (Å²) in [5.41, 5.74) is 12.4. The van der Waals surface area contributed by atoms with Crippen LogP contribution in [0.4, 0.5) is 5.82 Å². The molecular formula is C30H32N6O. The molecular weight excluding hydrogens is 460 g/mol. The van der Waals surface area contributed by atoms with Gasteiger partial charge in [-0.05, 0) is 56.2 Å². The maximum absolute atomic E-state index is 6.43. The lowest BCUT2D eigenvalue weighted by Gasteiger charge is -2.38. The number of rotatable bonds is 5. The number of allylic oxidation sites excluding steroid dienone is 4. The molecule has 1 aromatic carbocycles. The van der Waals surface area contributed by atoms with E-state index in [2.05, 4.69) is 63.3 Å². The second kappa shape index (κ2) is 9.39. The van der Waals surface area contributed by atoms with Crippen molar-refractivity contribution in [3.8, 4) is 11.3 Å². The third kappa shape index (κ3) is 4.22. The number of imidazole rings is 1. The molecule has 0 spiro atoms. The van der Waals surface area contributed by atoms with Gasteiger partial charge in [0.15, 0.2) is 0 Å². The van der Waals surface area contributed by atoms with E-state index in [0.717, 1.165) is 90.9 Å². The molecule has 7 nitrogen and oxygen atoms in total. The quantitative estimate of drug-likeness (QED) is 0.394. The third-order valence-electron chi connectivity index (χ3n) is 8.06. The predicted molar refractivity (Wildman–Crippen MR) is 147 cm³/mol. The summed E-state index contributed by atoms with van der Waals surface area (Å²) < 4.78 is 7.66. The molecule has 0 atom stereocenters. The number of benzene rings is 1. The number of aromatic nitrogens is 4. The number of nitrogens with one attached hydrogen (secondary N) is 1. The van der Waals surface area contributed by atoms with Crippen molar-refractivity contribution in [2.24, 2.45) is 0 Å². The fourth-order valence-corrected chi connectivity index (χ4v) is 5.97. The zero-order chi connectivity index (χ0) is 24.8. The molecule has 1 saturated carbocycles. The summed E-state index contributed by atoms with van der Waals surface area (Å²) in [7, 11) is 0. The Morgan fingerprint density at radius 1 is 1.00 bits per heavy atom. The second-order valence-electron chi connectivity index (χ2n) is 10.5. The highest BCUT2D eigenvalue weighted by atomic mass is 16.5. The molecule has 4 aromatic rings. The van der Waals surface area contributed by atoms with Crippen LogP contribution in [0.5, 0.6) is 0 Å². The first-order valence-electron chi connectivity index (χ1n) is 13.5. The number of nitrogen functional groups attached to an aromatic ring is 1. The van der Waals surface area contributed by atoms with E-state index >= 15 is 0 Å². The Balaban J connectivity index is 1.21. The molecule has 37 heavy (non-hydrogen) atoms. The normalized spacial score (nSPS) is 22.3. The van der Waals surface area contributed by atoms with Gasteiger partial charge in [0.1, 0.15) is 22.9 Å². The van der Waals surface area contributed by atoms with Crippen LogP contribution in [-0.2, 0) is 4.74 Å². The molecule has 1 saturated heterocycles. The van der Waals surface area contributed by atoms with Gasteiger partial charge in [0.25, 0.3) is 0 Å². The van der Waals surface area contributed by atoms with Crippen molar-refractivity contribution in [3.63, 3.8) is 0 Å². The van der Waals surface area contributed by atoms with Gasteiger partial charge in [0.05, 0.1) is 11.2 Å². The summed E-state index contributed by atoms with van der Waals surface area (Å²) in [6.45, 7) is 1.73. The van der Waals surface area contributed by atoms with Crippen molar-refractivity contribution in [1.82, 2.24) is 24.7 Å². The molecule has 2 aliphatic carbocycles. The second-order valence-corrected chi connectivity index (χ2v) is 10.5. The number of hydrogen-bond donors (Lipinski definition) is 2. The lowest BCUT2D eigenvalue weighted by molar-refractivity contribution is 0.0695. The maximum Gasteiger partial charge on any atom is 0.150 e. The van der Waals surface area contributed by atoms with Crippen LogP contribution in [0.1, 0.15) is 56.0 Å². The van der Waals surface area contributed by atoms with Crippen LogP contribution in [0.2, 0.25) is 0 Å². The number of pyridine rings is 1. The Bertz CT molecular complexity index is 1520. The van der Waals surface area contributed by atoms with Gasteiger partial charge < -0.3 is 15.8 Å². The molecule has 4 heterocycles. The minimum absolute atomic E-state index is 0.399. The number of hydrogen-bond acceptors (Lipinski definition) is 6. The molecule has 1 aliphatic heterocycles. The number of ether oxygens (including phenoxy) is 1. The average Bonchev–Trinajstić information content (AvgIpc) is 3.31. The van der Waals surface area contributed by atoms with Crippen molar-refractivity contribution in [3.05, 3.63) is 72.5 Å². The highest BCUT2D eigenvalue weighted by Crippen LogP contribution is 2.40. The van der Waals surface area contributed by atoms with Gasteiger partial charge in [0, 0.05) is 54.6 Å². The molecule has 2 fully saturated rings. The van der Waals surface area contributed by atoms with Gasteiger partial charge >= 0.3 is 0 Å². The predicted octanol–water partition coefficient (Wildman–Crippen LogP) is 5.27. The smallest absolute Gasteiger partial charge is 0.150 e. The van der Waals surface area contributed by atoms with Crippen molar-refractivity contribution in [1.29, 1.82) is 0 Å². The van der Waals surface area contributed by atoms with Crippen LogP contribution in [0.3, 0.4) is 0 Å². The largest absolute Gasteiger partial charge is 0.382 e. The average molecular weight is 493 g/mol. The summed E-state index contributed by atoms with van der Waals surface area (Å²) in [6.07, 6.45) is 17.0. The SMILES string of the molecule is Nc1nccn2c(C3CC(NC4CCOCC4)C3)nc(-c3ccc4ccc(C5=CCCC=C5)nc4c3)c12. The standard InChI is InChI=1S/C30H32N6O/c31-29-28-27(21-7-6-20-8-9-25(34-26(20)18-21)19-4-2-1-3-5-19)35-30(36(28)13-12-32-29)22-16-24(17-22)33-23-10-14-37-15-11-23/h2,4-9,12-13,18,22-24,33H,1,3,10-11,14-17H2,(H2,31,32). The minimum Gasteiger partial charge on any atom is -0.382 e. The first-order valence-corrected chi connectivity index (χ1v) is 13.5. The molecule has 7 rings (SSSR count). The Labute approximate surface area is 216 Å². The lowest BCUT2D eigenvalue weighted by atomic mass is 9.79. The van der Waals surface area contributed by atoms with Gasteiger partial charge in [0.2, 0.25) is 0 Å². The van der Waals surface area contributed by atoms with Crippen LogP contribution in [0.15, 0.2) is 61.0 Å². The van der Waals surface area contributed by atoms with E-state index in [0.29, 0.717) is 23.8 Å². The zero-order valence-corrected chi connectivity index (χ0v) is 20.9. The first-order chi connectivity index (χ1) is 18.2. The van der Waals surface area contributed by atoms with E-state index in [1.807, 2.05) is 6.20 Å². The van der Waals surface area contributed by atoms with Crippen LogP contribution in [-0.4, -0.2) is 44.7 Å². The molecule has 3 aromatic heterocycles. The van der Waals surface area contributed by atoms with E-state index < -0.39 is 0 Å². The Hall–Kier alpha value is -3.55. The van der Waals surface area contributed by atoms with Crippen LogP contribution >= 0.6 is 0 Å². The highest BCUT2D eigenvalue weighted by Gasteiger charge is 2.35.